The van der Waals surface area contributed by atoms with Gasteiger partial charge in [-0.3, -0.25) is 19.6 Å². The maximum Gasteiger partial charge on any atom is 0.338 e. The van der Waals surface area contributed by atoms with Gasteiger partial charge in [-0.15, -0.1) is 0 Å². The van der Waals surface area contributed by atoms with Gasteiger partial charge in [0.2, 0.25) is 0 Å². The van der Waals surface area contributed by atoms with Gasteiger partial charge in [-0.1, -0.05) is 59.6 Å². The first-order valence-electron chi connectivity index (χ1n) is 25.0. The average molecular weight is 1010 g/mol. The van der Waals surface area contributed by atoms with E-state index in [2.05, 4.69) is 23.5 Å². The fourth-order valence-corrected chi connectivity index (χ4v) is 12.6. The highest BCUT2D eigenvalue weighted by Crippen LogP contribution is 2.48. The lowest BCUT2D eigenvalue weighted by atomic mass is 9.75. The number of fused-ring (bicyclic) bond motifs is 3. The number of amides is 3. The molecule has 3 N–H and O–H groups in total. The van der Waals surface area contributed by atoms with Gasteiger partial charge in [-0.2, -0.15) is 0 Å². The van der Waals surface area contributed by atoms with E-state index in [4.69, 9.17) is 37.9 Å². The fourth-order valence-electron chi connectivity index (χ4n) is 12.4. The first-order valence-corrected chi connectivity index (χ1v) is 25.8. The van der Waals surface area contributed by atoms with Crippen LogP contribution in [0.4, 0.5) is 0 Å². The van der Waals surface area contributed by atoms with Crippen LogP contribution in [0.25, 0.3) is 0 Å². The number of nitrogens with zero attached hydrogens (tertiary/aromatic N) is 2. The number of nitrogens with one attached hydrogen (secondary N) is 2. The third-order valence-corrected chi connectivity index (χ3v) is 16.9. The predicted molar refractivity (Wildman–Crippen MR) is 276 cm³/mol. The summed E-state index contributed by atoms with van der Waals surface area (Å²) in [4.78, 5) is 65.1. The van der Waals surface area contributed by atoms with E-state index >= 15 is 0 Å². The molecular formula is C58H62Cl2N4O8. The SMILES string of the molecule is COC(=O)c1cccc2c1CC1(CCN(C(=O)c3ccc(Cl)cc3)CC1)C2.COC(=O)c1cccc2c1CC1(CCNCC1)C2.O=C(NO)c1cccc2c1CC1(CCN(C(=O)c3ccc(Cl)cc3)CC1)C2. The Morgan fingerprint density at radius 2 is 0.847 bits per heavy atom. The van der Waals surface area contributed by atoms with E-state index in [-0.39, 0.29) is 34.6 Å². The summed E-state index contributed by atoms with van der Waals surface area (Å²) in [7, 11) is 2.88. The van der Waals surface area contributed by atoms with E-state index in [0.29, 0.717) is 50.8 Å². The molecule has 5 aromatic carbocycles. The number of hydrogen-bond donors (Lipinski definition) is 3. The summed E-state index contributed by atoms with van der Waals surface area (Å²) in [6.07, 6.45) is 11.9. The monoisotopic (exact) mass is 1010 g/mol. The molecule has 0 aromatic heterocycles. The van der Waals surface area contributed by atoms with Crippen molar-refractivity contribution >= 4 is 52.9 Å². The Bertz CT molecular complexity index is 2700. The van der Waals surface area contributed by atoms with E-state index in [9.17, 15) is 24.0 Å². The number of hydroxylamine groups is 1. The topological polar surface area (TPSA) is 155 Å². The van der Waals surface area contributed by atoms with E-state index < -0.39 is 5.91 Å². The number of benzene rings is 5. The highest BCUT2D eigenvalue weighted by molar-refractivity contribution is 6.31. The maximum absolute atomic E-state index is 12.7. The number of piperidine rings is 3. The zero-order chi connectivity index (χ0) is 50.6. The van der Waals surface area contributed by atoms with Crippen LogP contribution in [0.3, 0.4) is 0 Å². The molecule has 3 aliphatic heterocycles. The van der Waals surface area contributed by atoms with Crippen molar-refractivity contribution in [1.29, 1.82) is 0 Å². The van der Waals surface area contributed by atoms with Gasteiger partial charge in [0.1, 0.15) is 0 Å². The van der Waals surface area contributed by atoms with Gasteiger partial charge in [0.25, 0.3) is 17.7 Å². The number of carbonyl (C=O) groups excluding carboxylic acids is 5. The Labute approximate surface area is 431 Å². The van der Waals surface area contributed by atoms with Gasteiger partial charge in [0.15, 0.2) is 0 Å². The van der Waals surface area contributed by atoms with Gasteiger partial charge >= 0.3 is 11.9 Å². The van der Waals surface area contributed by atoms with Crippen LogP contribution in [-0.4, -0.2) is 98.2 Å². The molecule has 0 saturated carbocycles. The molecule has 12 nitrogen and oxygen atoms in total. The van der Waals surface area contributed by atoms with Crippen molar-refractivity contribution < 1.29 is 38.7 Å². The largest absolute Gasteiger partial charge is 0.465 e. The van der Waals surface area contributed by atoms with Crippen LogP contribution in [0.15, 0.2) is 103 Å². The molecule has 3 amide bonds. The second kappa shape index (κ2) is 21.6. The lowest BCUT2D eigenvalue weighted by molar-refractivity contribution is 0.0579. The first kappa shape index (κ1) is 50.9. The zero-order valence-electron chi connectivity index (χ0n) is 41.0. The maximum atomic E-state index is 12.7. The number of esters is 2. The molecule has 11 rings (SSSR count). The number of carbonyl (C=O) groups is 5. The van der Waals surface area contributed by atoms with Crippen molar-refractivity contribution in [2.45, 2.75) is 77.0 Å². The number of halogens is 2. The van der Waals surface area contributed by atoms with Crippen molar-refractivity contribution in [3.8, 4) is 0 Å². The molecular weight excluding hydrogens is 952 g/mol. The van der Waals surface area contributed by atoms with E-state index in [1.165, 1.54) is 49.3 Å². The van der Waals surface area contributed by atoms with E-state index in [1.54, 1.807) is 60.1 Å². The standard InChI is InChI=1S/C22H22ClNO3.C21H21ClN2O3.C15H19NO2/c1-27-21(26)18-4-2-3-16-13-22(14-19(16)18)9-11-24(12-10-22)20(25)15-5-7-17(23)8-6-15;22-16-6-4-14(5-7-16)20(26)24-10-8-21(9-11-24)12-15-2-1-3-17(18(15)13-21)19(25)23-27;1-18-14(17)12-4-2-3-11-9-15(10-13(11)12)5-7-16-8-6-15/h2-8H,9-14H2,1H3;1-7,27H,8-13H2,(H,23,25);2-4,16H,5-10H2,1H3. The third kappa shape index (κ3) is 10.7. The number of methoxy groups -OCH3 is 2. The highest BCUT2D eigenvalue weighted by atomic mass is 35.5. The summed E-state index contributed by atoms with van der Waals surface area (Å²) in [5, 5.41) is 13.7. The van der Waals surface area contributed by atoms with Gasteiger partial charge in [-0.05, 0) is 206 Å². The van der Waals surface area contributed by atoms with Gasteiger partial charge < -0.3 is 24.6 Å². The number of rotatable bonds is 5. The summed E-state index contributed by atoms with van der Waals surface area (Å²) in [6.45, 7) is 5.09. The van der Waals surface area contributed by atoms with Gasteiger partial charge in [-0.25, -0.2) is 15.1 Å². The third-order valence-electron chi connectivity index (χ3n) is 16.4. The minimum absolute atomic E-state index is 0.0392. The van der Waals surface area contributed by atoms with Crippen molar-refractivity contribution in [1.82, 2.24) is 20.6 Å². The highest BCUT2D eigenvalue weighted by Gasteiger charge is 2.44. The van der Waals surface area contributed by atoms with Crippen molar-refractivity contribution in [3.05, 3.63) is 174 Å². The molecule has 72 heavy (non-hydrogen) atoms. The minimum Gasteiger partial charge on any atom is -0.465 e. The lowest BCUT2D eigenvalue weighted by Gasteiger charge is -2.39. The number of ether oxygens (including phenoxy) is 2. The minimum atomic E-state index is -0.459. The Morgan fingerprint density at radius 3 is 1.21 bits per heavy atom. The predicted octanol–water partition coefficient (Wildman–Crippen LogP) is 9.57. The Kier molecular flexibility index (Phi) is 15.2. The summed E-state index contributed by atoms with van der Waals surface area (Å²) in [6, 6.07) is 31.7. The second-order valence-electron chi connectivity index (χ2n) is 20.7. The molecule has 14 heteroatoms. The second-order valence-corrected chi connectivity index (χ2v) is 21.5. The summed E-state index contributed by atoms with van der Waals surface area (Å²) >= 11 is 11.8. The Morgan fingerprint density at radius 1 is 0.500 bits per heavy atom. The average Bonchev–Trinajstić information content (AvgIpc) is 4.09. The molecule has 0 unspecified atom stereocenters. The molecule has 3 fully saturated rings. The fraction of sp³-hybridized carbons (Fsp3) is 0.397. The van der Waals surface area contributed by atoms with Crippen LogP contribution in [0.1, 0.15) is 124 Å². The summed E-state index contributed by atoms with van der Waals surface area (Å²) in [5.74, 6) is -0.819. The molecule has 0 atom stereocenters. The molecule has 6 aliphatic rings. The van der Waals surface area contributed by atoms with Crippen LogP contribution in [0.5, 0.6) is 0 Å². The van der Waals surface area contributed by atoms with Gasteiger partial charge in [0.05, 0.1) is 25.3 Å². The zero-order valence-corrected chi connectivity index (χ0v) is 42.5. The van der Waals surface area contributed by atoms with E-state index in [0.717, 1.165) is 107 Å². The van der Waals surface area contributed by atoms with Crippen LogP contribution in [0.2, 0.25) is 10.0 Å². The Balaban J connectivity index is 0.000000136. The smallest absolute Gasteiger partial charge is 0.338 e. The molecule has 3 spiro atoms. The molecule has 0 bridgehead atoms. The number of likely N-dealkylation sites (tertiary alicyclic amines) is 2. The van der Waals surface area contributed by atoms with Crippen LogP contribution in [-0.2, 0) is 48.0 Å². The molecule has 5 aromatic rings. The van der Waals surface area contributed by atoms with Crippen molar-refractivity contribution in [2.24, 2.45) is 16.2 Å². The van der Waals surface area contributed by atoms with Crippen molar-refractivity contribution in [3.63, 3.8) is 0 Å². The summed E-state index contributed by atoms with van der Waals surface area (Å²) < 4.78 is 9.83. The molecule has 3 aliphatic carbocycles. The molecule has 3 saturated heterocycles. The quantitative estimate of drug-likeness (QED) is 0.0888. The van der Waals surface area contributed by atoms with Crippen LogP contribution >= 0.6 is 23.2 Å². The van der Waals surface area contributed by atoms with Gasteiger partial charge in [0, 0.05) is 52.9 Å². The van der Waals surface area contributed by atoms with E-state index in [1.807, 2.05) is 40.1 Å². The molecule has 376 valence electrons. The Hall–Kier alpha value is -6.05. The molecule has 3 heterocycles. The normalized spacial score (nSPS) is 18.4. The first-order chi connectivity index (χ1) is 34.8. The van der Waals surface area contributed by atoms with Crippen LogP contribution < -0.4 is 10.8 Å². The number of hydrogen-bond acceptors (Lipinski definition) is 9. The van der Waals surface area contributed by atoms with Crippen LogP contribution in [0, 0.1) is 16.2 Å². The van der Waals surface area contributed by atoms with Crippen molar-refractivity contribution in [2.75, 3.05) is 53.5 Å². The summed E-state index contributed by atoms with van der Waals surface area (Å²) in [5.41, 5.74) is 12.9. The molecule has 0 radical (unpaired) electrons. The lowest BCUT2D eigenvalue weighted by Crippen LogP contribution is -2.43.